The molecule has 0 radical (unpaired) electrons. The Bertz CT molecular complexity index is 1160. The number of hydrogen-bond donors (Lipinski definition) is 2. The molecule has 0 spiro atoms. The van der Waals surface area contributed by atoms with Gasteiger partial charge in [-0.15, -0.1) is 0 Å². The second-order valence-corrected chi connectivity index (χ2v) is 8.21. The SMILES string of the molecule is CN1CCC(NC(=O)c2cnc(-c3ccc4c(c3)OCO4)nc2Nc2ccc(F)cc2)CC1. The molecule has 0 unspecified atom stereocenters. The molecule has 0 atom stereocenters. The third-order valence-electron chi connectivity index (χ3n) is 5.82. The van der Waals surface area contributed by atoms with Gasteiger partial charge in [0.05, 0.1) is 0 Å². The lowest BCUT2D eigenvalue weighted by Gasteiger charge is -2.29. The van der Waals surface area contributed by atoms with Crippen LogP contribution in [-0.2, 0) is 0 Å². The number of aromatic nitrogens is 2. The molecular formula is C24H24FN5O3. The molecule has 5 rings (SSSR count). The molecule has 1 fully saturated rings. The molecule has 0 aliphatic carbocycles. The molecule has 9 heteroatoms. The van der Waals surface area contributed by atoms with Crippen molar-refractivity contribution >= 4 is 17.4 Å². The van der Waals surface area contributed by atoms with Crippen LogP contribution in [0.4, 0.5) is 15.9 Å². The highest BCUT2D eigenvalue weighted by Gasteiger charge is 2.23. The van der Waals surface area contributed by atoms with Crippen LogP contribution >= 0.6 is 0 Å². The maximum atomic E-state index is 13.4. The van der Waals surface area contributed by atoms with Crippen molar-refractivity contribution < 1.29 is 18.7 Å². The van der Waals surface area contributed by atoms with E-state index < -0.39 is 0 Å². The minimum atomic E-state index is -0.343. The van der Waals surface area contributed by atoms with E-state index >= 15 is 0 Å². The fourth-order valence-electron chi connectivity index (χ4n) is 3.90. The number of nitrogens with zero attached hydrogens (tertiary/aromatic N) is 3. The minimum absolute atomic E-state index is 0.0981. The van der Waals surface area contributed by atoms with Gasteiger partial charge in [-0.1, -0.05) is 0 Å². The summed E-state index contributed by atoms with van der Waals surface area (Å²) in [5, 5.41) is 6.25. The number of carbonyl (C=O) groups excluding carboxylic acids is 1. The van der Waals surface area contributed by atoms with Crippen LogP contribution in [0.25, 0.3) is 11.4 Å². The number of rotatable bonds is 5. The van der Waals surface area contributed by atoms with Crippen molar-refractivity contribution in [1.29, 1.82) is 0 Å². The average Bonchev–Trinajstić information content (AvgIpc) is 3.30. The van der Waals surface area contributed by atoms with Crippen molar-refractivity contribution in [2.75, 3.05) is 32.2 Å². The summed E-state index contributed by atoms with van der Waals surface area (Å²) in [5.41, 5.74) is 1.66. The van der Waals surface area contributed by atoms with E-state index in [9.17, 15) is 9.18 Å². The number of benzene rings is 2. The highest BCUT2D eigenvalue weighted by molar-refractivity contribution is 5.99. The normalized spacial score (nSPS) is 15.9. The van der Waals surface area contributed by atoms with E-state index in [4.69, 9.17) is 9.47 Å². The van der Waals surface area contributed by atoms with Gasteiger partial charge in [-0.25, -0.2) is 14.4 Å². The van der Waals surface area contributed by atoms with Gasteiger partial charge in [0.2, 0.25) is 6.79 Å². The van der Waals surface area contributed by atoms with Gasteiger partial charge in [-0.2, -0.15) is 0 Å². The Kier molecular flexibility index (Phi) is 5.78. The maximum absolute atomic E-state index is 13.4. The number of fused-ring (bicyclic) bond motifs is 1. The Hall–Kier alpha value is -3.72. The number of ether oxygens (including phenoxy) is 2. The van der Waals surface area contributed by atoms with Crippen molar-refractivity contribution in [2.24, 2.45) is 0 Å². The fraction of sp³-hybridized carbons (Fsp3) is 0.292. The van der Waals surface area contributed by atoms with Crippen LogP contribution in [0.3, 0.4) is 0 Å². The Balaban J connectivity index is 1.45. The van der Waals surface area contributed by atoms with Crippen LogP contribution in [0.15, 0.2) is 48.7 Å². The molecule has 0 bridgehead atoms. The quantitative estimate of drug-likeness (QED) is 0.616. The lowest BCUT2D eigenvalue weighted by molar-refractivity contribution is 0.0917. The van der Waals surface area contributed by atoms with Crippen LogP contribution in [0.5, 0.6) is 11.5 Å². The number of nitrogens with one attached hydrogen (secondary N) is 2. The summed E-state index contributed by atoms with van der Waals surface area (Å²) < 4.78 is 24.2. The maximum Gasteiger partial charge on any atom is 0.256 e. The molecule has 2 aliphatic rings. The second kappa shape index (κ2) is 9.03. The molecule has 3 aromatic rings. The molecule has 170 valence electrons. The van der Waals surface area contributed by atoms with Crippen molar-refractivity contribution in [3.8, 4) is 22.9 Å². The predicted molar refractivity (Wildman–Crippen MR) is 121 cm³/mol. The summed E-state index contributed by atoms with van der Waals surface area (Å²) >= 11 is 0. The van der Waals surface area contributed by atoms with E-state index in [0.717, 1.165) is 31.5 Å². The summed E-state index contributed by atoms with van der Waals surface area (Å²) in [6, 6.07) is 11.4. The fourth-order valence-corrected chi connectivity index (χ4v) is 3.90. The molecule has 0 saturated carbocycles. The number of piperidine rings is 1. The highest BCUT2D eigenvalue weighted by atomic mass is 19.1. The third-order valence-corrected chi connectivity index (χ3v) is 5.82. The summed E-state index contributed by atoms with van der Waals surface area (Å²) in [6.45, 7) is 2.05. The predicted octanol–water partition coefficient (Wildman–Crippen LogP) is 3.58. The van der Waals surface area contributed by atoms with E-state index in [1.807, 2.05) is 6.07 Å². The lowest BCUT2D eigenvalue weighted by atomic mass is 10.1. The number of likely N-dealkylation sites (tertiary alicyclic amines) is 1. The summed E-state index contributed by atoms with van der Waals surface area (Å²) in [6.07, 6.45) is 3.29. The van der Waals surface area contributed by atoms with Crippen molar-refractivity contribution in [1.82, 2.24) is 20.2 Å². The Morgan fingerprint density at radius 1 is 1.09 bits per heavy atom. The molecule has 8 nitrogen and oxygen atoms in total. The Morgan fingerprint density at radius 2 is 1.85 bits per heavy atom. The van der Waals surface area contributed by atoms with Gasteiger partial charge in [-0.05, 0) is 75.4 Å². The van der Waals surface area contributed by atoms with Gasteiger partial charge in [0.1, 0.15) is 17.2 Å². The van der Waals surface area contributed by atoms with E-state index in [-0.39, 0.29) is 24.6 Å². The van der Waals surface area contributed by atoms with Gasteiger partial charge in [-0.3, -0.25) is 4.79 Å². The van der Waals surface area contributed by atoms with E-state index in [1.54, 1.807) is 24.3 Å². The number of halogens is 1. The van der Waals surface area contributed by atoms with Gasteiger partial charge < -0.3 is 25.0 Å². The molecular weight excluding hydrogens is 425 g/mol. The first-order chi connectivity index (χ1) is 16.0. The average molecular weight is 449 g/mol. The largest absolute Gasteiger partial charge is 0.454 e. The van der Waals surface area contributed by atoms with Gasteiger partial charge in [0.15, 0.2) is 17.3 Å². The monoisotopic (exact) mass is 449 g/mol. The van der Waals surface area contributed by atoms with Crippen LogP contribution in [-0.4, -0.2) is 53.7 Å². The third kappa shape index (κ3) is 4.73. The lowest BCUT2D eigenvalue weighted by Crippen LogP contribution is -2.43. The zero-order valence-corrected chi connectivity index (χ0v) is 18.2. The smallest absolute Gasteiger partial charge is 0.256 e. The molecule has 2 aromatic carbocycles. The van der Waals surface area contributed by atoms with Crippen molar-refractivity contribution in [3.05, 3.63) is 60.0 Å². The molecule has 2 aliphatic heterocycles. The summed E-state index contributed by atoms with van der Waals surface area (Å²) in [5.74, 6) is 1.46. The van der Waals surface area contributed by atoms with E-state index in [0.29, 0.717) is 34.4 Å². The van der Waals surface area contributed by atoms with Crippen molar-refractivity contribution in [2.45, 2.75) is 18.9 Å². The van der Waals surface area contributed by atoms with Crippen LogP contribution < -0.4 is 20.1 Å². The molecule has 1 saturated heterocycles. The highest BCUT2D eigenvalue weighted by Crippen LogP contribution is 2.35. The zero-order chi connectivity index (χ0) is 22.8. The van der Waals surface area contributed by atoms with Gasteiger partial charge in [0, 0.05) is 23.5 Å². The zero-order valence-electron chi connectivity index (χ0n) is 18.2. The standard InChI is InChI=1S/C24H24FN5O3/c1-30-10-8-18(9-11-30)28-24(31)19-13-26-22(15-2-7-20-21(12-15)33-14-32-20)29-23(19)27-17-5-3-16(25)4-6-17/h2-7,12-13,18H,8-11,14H2,1H3,(H,28,31)(H,26,27,29). The minimum Gasteiger partial charge on any atom is -0.454 e. The molecule has 3 heterocycles. The molecule has 33 heavy (non-hydrogen) atoms. The van der Waals surface area contributed by atoms with Crippen molar-refractivity contribution in [3.63, 3.8) is 0 Å². The summed E-state index contributed by atoms with van der Waals surface area (Å²) in [4.78, 5) is 24.4. The first-order valence-electron chi connectivity index (χ1n) is 10.8. The Morgan fingerprint density at radius 3 is 2.64 bits per heavy atom. The Labute approximate surface area is 190 Å². The number of hydrogen-bond acceptors (Lipinski definition) is 7. The van der Waals surface area contributed by atoms with Crippen LogP contribution in [0.2, 0.25) is 0 Å². The first kappa shape index (κ1) is 21.1. The topological polar surface area (TPSA) is 88.6 Å². The second-order valence-electron chi connectivity index (χ2n) is 8.21. The number of amides is 1. The molecule has 2 N–H and O–H groups in total. The molecule has 1 aromatic heterocycles. The summed E-state index contributed by atoms with van der Waals surface area (Å²) in [7, 11) is 2.07. The number of carbonyl (C=O) groups is 1. The first-order valence-corrected chi connectivity index (χ1v) is 10.8. The van der Waals surface area contributed by atoms with E-state index in [2.05, 4.69) is 32.5 Å². The number of anilines is 2. The van der Waals surface area contributed by atoms with Crippen LogP contribution in [0.1, 0.15) is 23.2 Å². The van der Waals surface area contributed by atoms with Gasteiger partial charge >= 0.3 is 0 Å². The van der Waals surface area contributed by atoms with Gasteiger partial charge in [0.25, 0.3) is 5.91 Å². The van der Waals surface area contributed by atoms with E-state index in [1.165, 1.54) is 18.3 Å². The van der Waals surface area contributed by atoms with Crippen LogP contribution in [0, 0.1) is 5.82 Å². The molecule has 1 amide bonds.